The summed E-state index contributed by atoms with van der Waals surface area (Å²) in [4.78, 5) is 25.1. The number of carboxylic acids is 1. The molecule has 0 heterocycles. The molecule has 19 heavy (non-hydrogen) atoms. The first-order valence-electron chi connectivity index (χ1n) is 6.50. The summed E-state index contributed by atoms with van der Waals surface area (Å²) in [7, 11) is 1.67. The van der Waals surface area contributed by atoms with Gasteiger partial charge >= 0.3 is 5.97 Å². The Morgan fingerprint density at radius 2 is 1.84 bits per heavy atom. The van der Waals surface area contributed by atoms with Crippen LogP contribution in [-0.4, -0.2) is 28.9 Å². The predicted octanol–water partition coefficient (Wildman–Crippen LogP) is 2.21. The van der Waals surface area contributed by atoms with Gasteiger partial charge in [0, 0.05) is 13.6 Å². The van der Waals surface area contributed by atoms with Crippen molar-refractivity contribution in [1.82, 2.24) is 4.90 Å². The van der Waals surface area contributed by atoms with E-state index in [9.17, 15) is 14.7 Å². The van der Waals surface area contributed by atoms with Crippen LogP contribution < -0.4 is 0 Å². The molecule has 1 fully saturated rings. The predicted molar refractivity (Wildman–Crippen MR) is 71.6 cm³/mol. The fourth-order valence-corrected chi connectivity index (χ4v) is 2.45. The Morgan fingerprint density at radius 1 is 1.26 bits per heavy atom. The van der Waals surface area contributed by atoms with Crippen molar-refractivity contribution in [2.75, 3.05) is 7.05 Å². The highest BCUT2D eigenvalue weighted by Crippen LogP contribution is 2.42. The van der Waals surface area contributed by atoms with Gasteiger partial charge in [-0.05, 0) is 25.3 Å². The van der Waals surface area contributed by atoms with E-state index in [1.807, 2.05) is 31.2 Å². The minimum absolute atomic E-state index is 0.271. The third-order valence-electron chi connectivity index (χ3n) is 3.91. The molecule has 1 aromatic carbocycles. The summed E-state index contributed by atoms with van der Waals surface area (Å²) in [6, 6.07) is 7.91. The molecule has 0 saturated heterocycles. The van der Waals surface area contributed by atoms with Crippen LogP contribution in [0.2, 0.25) is 0 Å². The minimum atomic E-state index is -1.17. The van der Waals surface area contributed by atoms with E-state index in [1.165, 1.54) is 10.5 Å². The molecule has 0 bridgehead atoms. The number of nitrogens with zero attached hydrogens (tertiary/aromatic N) is 1. The summed E-state index contributed by atoms with van der Waals surface area (Å²) in [5, 5.41) is 9.26. The van der Waals surface area contributed by atoms with Gasteiger partial charge in [0.2, 0.25) is 5.91 Å². The number of aryl methyl sites for hydroxylation is 1. The summed E-state index contributed by atoms with van der Waals surface area (Å²) in [6.45, 7) is 2.46. The number of benzene rings is 1. The van der Waals surface area contributed by atoms with Crippen LogP contribution in [0.4, 0.5) is 0 Å². The number of rotatable bonds is 4. The van der Waals surface area contributed by atoms with Gasteiger partial charge in [-0.3, -0.25) is 9.59 Å². The highest BCUT2D eigenvalue weighted by molar-refractivity contribution is 6.02. The van der Waals surface area contributed by atoms with Crippen LogP contribution in [0.5, 0.6) is 0 Å². The van der Waals surface area contributed by atoms with Crippen molar-refractivity contribution >= 4 is 11.9 Å². The lowest BCUT2D eigenvalue weighted by Crippen LogP contribution is -2.51. The SMILES string of the molecule is Cc1ccc(CN(C)C(=O)C2(C(=O)O)CCC2)cc1. The van der Waals surface area contributed by atoms with Gasteiger partial charge in [0.05, 0.1) is 0 Å². The first-order valence-corrected chi connectivity index (χ1v) is 6.50. The van der Waals surface area contributed by atoms with Crippen molar-refractivity contribution in [1.29, 1.82) is 0 Å². The van der Waals surface area contributed by atoms with E-state index in [2.05, 4.69) is 0 Å². The number of hydrogen-bond donors (Lipinski definition) is 1. The van der Waals surface area contributed by atoms with Crippen molar-refractivity contribution in [2.24, 2.45) is 5.41 Å². The van der Waals surface area contributed by atoms with Crippen LogP contribution in [0.3, 0.4) is 0 Å². The zero-order chi connectivity index (χ0) is 14.0. The zero-order valence-electron chi connectivity index (χ0n) is 11.3. The quantitative estimate of drug-likeness (QED) is 0.845. The number of hydrogen-bond acceptors (Lipinski definition) is 2. The molecule has 0 radical (unpaired) electrons. The Balaban J connectivity index is 2.07. The van der Waals surface area contributed by atoms with Crippen LogP contribution in [0.25, 0.3) is 0 Å². The summed E-state index contributed by atoms with van der Waals surface area (Å²) in [5.41, 5.74) is 1.01. The van der Waals surface area contributed by atoms with Gasteiger partial charge in [-0.15, -0.1) is 0 Å². The normalized spacial score (nSPS) is 16.5. The molecule has 0 unspecified atom stereocenters. The molecule has 1 aliphatic rings. The summed E-state index contributed by atoms with van der Waals surface area (Å²) < 4.78 is 0. The smallest absolute Gasteiger partial charge is 0.319 e. The maximum absolute atomic E-state index is 12.3. The highest BCUT2D eigenvalue weighted by atomic mass is 16.4. The topological polar surface area (TPSA) is 57.6 Å². The van der Waals surface area contributed by atoms with Gasteiger partial charge < -0.3 is 10.0 Å². The molecule has 0 aromatic heterocycles. The lowest BCUT2D eigenvalue weighted by molar-refractivity contribution is -0.167. The molecule has 1 saturated carbocycles. The first-order chi connectivity index (χ1) is 8.95. The van der Waals surface area contributed by atoms with Crippen molar-refractivity contribution < 1.29 is 14.7 Å². The minimum Gasteiger partial charge on any atom is -0.480 e. The van der Waals surface area contributed by atoms with E-state index < -0.39 is 11.4 Å². The fraction of sp³-hybridized carbons (Fsp3) is 0.467. The molecule has 2 rings (SSSR count). The van der Waals surface area contributed by atoms with E-state index >= 15 is 0 Å². The van der Waals surface area contributed by atoms with Crippen molar-refractivity contribution in [3.8, 4) is 0 Å². The molecule has 102 valence electrons. The van der Waals surface area contributed by atoms with Crippen LogP contribution >= 0.6 is 0 Å². The molecular formula is C15H19NO3. The molecule has 1 amide bonds. The van der Waals surface area contributed by atoms with Crippen LogP contribution in [0.1, 0.15) is 30.4 Å². The molecule has 1 aromatic rings. The third-order valence-corrected chi connectivity index (χ3v) is 3.91. The Morgan fingerprint density at radius 3 is 2.26 bits per heavy atom. The number of amides is 1. The molecule has 0 atom stereocenters. The Labute approximate surface area is 113 Å². The van der Waals surface area contributed by atoms with E-state index in [-0.39, 0.29) is 5.91 Å². The van der Waals surface area contributed by atoms with Gasteiger partial charge in [0.15, 0.2) is 0 Å². The first kappa shape index (κ1) is 13.6. The van der Waals surface area contributed by atoms with E-state index in [4.69, 9.17) is 0 Å². The lowest BCUT2D eigenvalue weighted by atomic mass is 9.68. The third kappa shape index (κ3) is 2.48. The summed E-state index contributed by atoms with van der Waals surface area (Å²) >= 11 is 0. The zero-order valence-corrected chi connectivity index (χ0v) is 11.3. The summed E-state index contributed by atoms with van der Waals surface area (Å²) in [6.07, 6.45) is 1.73. The molecule has 1 N–H and O–H groups in total. The van der Waals surface area contributed by atoms with Crippen LogP contribution in [0.15, 0.2) is 24.3 Å². The van der Waals surface area contributed by atoms with Gasteiger partial charge in [-0.2, -0.15) is 0 Å². The van der Waals surface area contributed by atoms with Crippen LogP contribution in [0, 0.1) is 12.3 Å². The maximum Gasteiger partial charge on any atom is 0.319 e. The number of carboxylic acid groups (broad SMARTS) is 1. The maximum atomic E-state index is 12.3. The fourth-order valence-electron chi connectivity index (χ4n) is 2.45. The summed E-state index contributed by atoms with van der Waals surface area (Å²) in [5.74, 6) is -1.26. The second-order valence-electron chi connectivity index (χ2n) is 5.39. The monoisotopic (exact) mass is 261 g/mol. The van der Waals surface area contributed by atoms with E-state index in [0.717, 1.165) is 12.0 Å². The van der Waals surface area contributed by atoms with Gasteiger partial charge in [-0.25, -0.2) is 0 Å². The average Bonchev–Trinajstić information content (AvgIpc) is 2.30. The molecule has 0 aliphatic heterocycles. The molecule has 4 nitrogen and oxygen atoms in total. The Hall–Kier alpha value is -1.84. The van der Waals surface area contributed by atoms with E-state index in [1.54, 1.807) is 7.05 Å². The lowest BCUT2D eigenvalue weighted by Gasteiger charge is -2.38. The Kier molecular flexibility index (Phi) is 3.60. The molecule has 1 aliphatic carbocycles. The van der Waals surface area contributed by atoms with Gasteiger partial charge in [0.25, 0.3) is 0 Å². The van der Waals surface area contributed by atoms with E-state index in [0.29, 0.717) is 19.4 Å². The highest BCUT2D eigenvalue weighted by Gasteiger charge is 2.52. The second-order valence-corrected chi connectivity index (χ2v) is 5.39. The Bertz CT molecular complexity index is 489. The van der Waals surface area contributed by atoms with Crippen molar-refractivity contribution in [3.63, 3.8) is 0 Å². The molecular weight excluding hydrogens is 242 g/mol. The average molecular weight is 261 g/mol. The van der Waals surface area contributed by atoms with Gasteiger partial charge in [0.1, 0.15) is 5.41 Å². The number of carbonyl (C=O) groups is 2. The van der Waals surface area contributed by atoms with Crippen molar-refractivity contribution in [2.45, 2.75) is 32.7 Å². The number of aliphatic carboxylic acids is 1. The van der Waals surface area contributed by atoms with Gasteiger partial charge in [-0.1, -0.05) is 36.2 Å². The van der Waals surface area contributed by atoms with Crippen molar-refractivity contribution in [3.05, 3.63) is 35.4 Å². The second kappa shape index (κ2) is 5.03. The standard InChI is InChI=1S/C15H19NO3/c1-11-4-6-12(7-5-11)10-16(2)13(17)15(14(18)19)8-3-9-15/h4-7H,3,8-10H2,1-2H3,(H,18,19). The largest absolute Gasteiger partial charge is 0.480 e. The number of carbonyl (C=O) groups excluding carboxylic acids is 1. The molecule has 0 spiro atoms. The van der Waals surface area contributed by atoms with Crippen LogP contribution in [-0.2, 0) is 16.1 Å². The molecule has 4 heteroatoms.